The zero-order valence-electron chi connectivity index (χ0n) is 23.4. The van der Waals surface area contributed by atoms with Crippen LogP contribution in [0.2, 0.25) is 0 Å². The number of rotatable bonds is 9. The Morgan fingerprint density at radius 1 is 1.31 bits per heavy atom. The highest BCUT2D eigenvalue weighted by Gasteiger charge is 2.37. The van der Waals surface area contributed by atoms with Crippen molar-refractivity contribution in [2.45, 2.75) is 44.9 Å². The zero-order valence-corrected chi connectivity index (χ0v) is 24.1. The second-order valence-electron chi connectivity index (χ2n) is 10.7. The Kier molecular flexibility index (Phi) is 9.24. The van der Waals surface area contributed by atoms with Crippen molar-refractivity contribution < 1.29 is 4.39 Å². The molecule has 3 saturated heterocycles. The minimum atomic E-state index is -1.27. The Balaban J connectivity index is 1.51. The van der Waals surface area contributed by atoms with Crippen LogP contribution in [0, 0.1) is 23.7 Å². The smallest absolute Gasteiger partial charge is 0.141 e. The summed E-state index contributed by atoms with van der Waals surface area (Å²) in [4.78, 5) is 14.1. The van der Waals surface area contributed by atoms with Crippen molar-refractivity contribution in [1.82, 2.24) is 20.1 Å². The second-order valence-corrected chi connectivity index (χ2v) is 11.1. The van der Waals surface area contributed by atoms with Gasteiger partial charge in [0.15, 0.2) is 0 Å². The average Bonchev–Trinajstić information content (AvgIpc) is 2.92. The minimum absolute atomic E-state index is 0.160. The van der Waals surface area contributed by atoms with Gasteiger partial charge < -0.3 is 25.4 Å². The molecule has 39 heavy (non-hydrogen) atoms. The van der Waals surface area contributed by atoms with E-state index in [0.29, 0.717) is 22.3 Å². The predicted octanol–water partition coefficient (Wildman–Crippen LogP) is 4.52. The van der Waals surface area contributed by atoms with Crippen molar-refractivity contribution >= 4 is 29.3 Å². The molecule has 4 rings (SSSR count). The highest BCUT2D eigenvalue weighted by Crippen LogP contribution is 2.38. The molecule has 0 aliphatic carbocycles. The molecule has 0 radical (unpaired) electrons. The number of allylic oxidation sites excluding steroid dienone is 3. The fourth-order valence-electron chi connectivity index (χ4n) is 6.13. The third-order valence-electron chi connectivity index (χ3n) is 8.44. The van der Waals surface area contributed by atoms with Crippen LogP contribution in [0.5, 0.6) is 0 Å². The van der Waals surface area contributed by atoms with Gasteiger partial charge in [-0.1, -0.05) is 30.7 Å². The summed E-state index contributed by atoms with van der Waals surface area (Å²) < 4.78 is 14.9. The Morgan fingerprint density at radius 2 is 2.00 bits per heavy atom. The fraction of sp³-hybridized carbons (Fsp3) is 0.533. The van der Waals surface area contributed by atoms with Gasteiger partial charge in [-0.2, -0.15) is 0 Å². The summed E-state index contributed by atoms with van der Waals surface area (Å²) in [7, 11) is 1.84. The van der Waals surface area contributed by atoms with E-state index in [1.807, 2.05) is 13.1 Å². The van der Waals surface area contributed by atoms with Gasteiger partial charge in [-0.3, -0.25) is 4.90 Å². The van der Waals surface area contributed by atoms with E-state index in [1.165, 1.54) is 13.1 Å². The predicted molar refractivity (Wildman–Crippen MR) is 160 cm³/mol. The number of nitrogens with zero attached hydrogens (tertiary/aromatic N) is 5. The number of terminal acetylenes is 1. The molecule has 0 saturated carbocycles. The van der Waals surface area contributed by atoms with Crippen LogP contribution in [0.1, 0.15) is 44.1 Å². The normalized spacial score (nSPS) is 23.8. The number of aromatic nitrogens is 1. The van der Waals surface area contributed by atoms with Gasteiger partial charge in [0, 0.05) is 94.5 Å². The van der Waals surface area contributed by atoms with Crippen LogP contribution in [0.25, 0.3) is 0 Å². The van der Waals surface area contributed by atoms with E-state index in [4.69, 9.17) is 28.4 Å². The molecule has 3 atom stereocenters. The van der Waals surface area contributed by atoms with Crippen molar-refractivity contribution in [2.75, 3.05) is 62.7 Å². The van der Waals surface area contributed by atoms with Gasteiger partial charge in [-0.25, -0.2) is 9.37 Å². The quantitative estimate of drug-likeness (QED) is 0.266. The first kappa shape index (κ1) is 29.0. The van der Waals surface area contributed by atoms with Crippen molar-refractivity contribution in [3.8, 4) is 12.3 Å². The monoisotopic (exact) mass is 553 g/mol. The molecule has 0 amide bonds. The first-order valence-electron chi connectivity index (χ1n) is 13.8. The summed E-state index contributed by atoms with van der Waals surface area (Å²) in [6.45, 7) is 17.9. The summed E-state index contributed by atoms with van der Waals surface area (Å²) in [6.07, 6.45) is 9.37. The largest absolute Gasteiger partial charge is 0.390 e. The summed E-state index contributed by atoms with van der Waals surface area (Å²) in [5, 5.41) is 11.2. The van der Waals surface area contributed by atoms with Crippen molar-refractivity contribution in [2.24, 2.45) is 5.92 Å². The molecule has 0 spiro atoms. The number of hydrogen-bond acceptors (Lipinski definition) is 7. The molecule has 3 aliphatic heterocycles. The molecule has 4 heterocycles. The van der Waals surface area contributed by atoms with Crippen LogP contribution >= 0.6 is 11.6 Å². The molecule has 1 aromatic rings. The second kappa shape index (κ2) is 12.4. The van der Waals surface area contributed by atoms with Gasteiger partial charge >= 0.3 is 0 Å². The first-order chi connectivity index (χ1) is 18.7. The number of halogens is 2. The average molecular weight is 554 g/mol. The molecule has 2 N–H and O–H groups in total. The summed E-state index contributed by atoms with van der Waals surface area (Å²) in [5.74, 6) is 3.74. The van der Waals surface area contributed by atoms with Gasteiger partial charge in [0.25, 0.3) is 0 Å². The van der Waals surface area contributed by atoms with Crippen molar-refractivity contribution in [3.05, 3.63) is 53.0 Å². The lowest BCUT2D eigenvalue weighted by molar-refractivity contribution is 0.101. The Bertz CT molecular complexity index is 1160. The van der Waals surface area contributed by atoms with Gasteiger partial charge in [-0.15, -0.1) is 6.42 Å². The van der Waals surface area contributed by atoms with Crippen LogP contribution in [0.15, 0.2) is 41.7 Å². The lowest BCUT2D eigenvalue weighted by Crippen LogP contribution is -2.63. The van der Waals surface area contributed by atoms with Gasteiger partial charge in [0.05, 0.1) is 22.0 Å². The zero-order chi connectivity index (χ0) is 28.3. The maximum Gasteiger partial charge on any atom is 0.141 e. The number of piperidine rings is 1. The highest BCUT2D eigenvalue weighted by atomic mass is 35.5. The molecule has 7 nitrogen and oxygen atoms in total. The van der Waals surface area contributed by atoms with Gasteiger partial charge in [0.1, 0.15) is 12.0 Å². The van der Waals surface area contributed by atoms with Crippen molar-refractivity contribution in [1.29, 1.82) is 5.41 Å². The van der Waals surface area contributed by atoms with Crippen LogP contribution in [0.3, 0.4) is 0 Å². The third-order valence-corrected chi connectivity index (χ3v) is 8.75. The Labute approximate surface area is 237 Å². The van der Waals surface area contributed by atoms with Crippen LogP contribution in [-0.2, 0) is 0 Å². The maximum atomic E-state index is 14.9. The number of hydrogen-bond donors (Lipinski definition) is 2. The molecule has 3 aliphatic rings. The number of pyridine rings is 1. The molecule has 0 bridgehead atoms. The molecule has 3 fully saturated rings. The number of piperazine rings is 1. The van der Waals surface area contributed by atoms with E-state index in [0.717, 1.165) is 81.6 Å². The molecule has 1 aromatic heterocycles. The molecule has 0 aromatic carbocycles. The van der Waals surface area contributed by atoms with Crippen molar-refractivity contribution in [3.63, 3.8) is 0 Å². The standard InChI is InChI=1S/C30H41ClFN7/c1-7-20(3)36-11-13-37(14-12-36)24-18-38(19-24)27-16-28(35-29(22(5)32)25(27)8-2)39-10-9-23(15-21(39)4)30(34-6)26(31)17-33/h2,7,16-17,21-24,33-34H,1,3,9-15,18-19H2,4-6H3/b30-26+,33-17?. The molecule has 9 heteroatoms. The minimum Gasteiger partial charge on any atom is -0.390 e. The molecule has 3 unspecified atom stereocenters. The van der Waals surface area contributed by atoms with E-state index in [1.54, 1.807) is 0 Å². The summed E-state index contributed by atoms with van der Waals surface area (Å²) in [5.41, 5.74) is 3.67. The third kappa shape index (κ3) is 5.95. The van der Waals surface area contributed by atoms with E-state index in [-0.39, 0.29) is 12.0 Å². The highest BCUT2D eigenvalue weighted by molar-refractivity contribution is 6.39. The Morgan fingerprint density at radius 3 is 2.54 bits per heavy atom. The molecular formula is C30H41ClFN7. The number of alkyl halides is 1. The number of nitrogens with one attached hydrogen (secondary N) is 2. The fourth-order valence-corrected chi connectivity index (χ4v) is 6.38. The van der Waals surface area contributed by atoms with Crippen LogP contribution in [0.4, 0.5) is 15.9 Å². The summed E-state index contributed by atoms with van der Waals surface area (Å²) in [6, 6.07) is 2.66. The van der Waals surface area contributed by atoms with Crippen LogP contribution < -0.4 is 15.1 Å². The maximum absolute atomic E-state index is 14.9. The van der Waals surface area contributed by atoms with E-state index < -0.39 is 6.17 Å². The molecular weight excluding hydrogens is 513 g/mol. The topological polar surface area (TPSA) is 61.7 Å². The molecule has 210 valence electrons. The van der Waals surface area contributed by atoms with Crippen LogP contribution in [-0.4, -0.2) is 85.9 Å². The first-order valence-corrected chi connectivity index (χ1v) is 14.2. The van der Waals surface area contributed by atoms with E-state index >= 15 is 0 Å². The van der Waals surface area contributed by atoms with Gasteiger partial charge in [-0.05, 0) is 32.8 Å². The summed E-state index contributed by atoms with van der Waals surface area (Å²) >= 11 is 6.30. The van der Waals surface area contributed by atoms with Gasteiger partial charge in [0.2, 0.25) is 0 Å². The number of anilines is 2. The van der Waals surface area contributed by atoms with E-state index in [9.17, 15) is 4.39 Å². The Hall–Kier alpha value is -3.02. The lowest BCUT2D eigenvalue weighted by atomic mass is 9.88. The lowest BCUT2D eigenvalue weighted by Gasteiger charge is -2.50. The van der Waals surface area contributed by atoms with E-state index in [2.05, 4.69) is 57.0 Å². The SMILES string of the molecule is C#Cc1c(N2CC(N3CCN(C(=C)C=C)CC3)C2)cc(N2CCC(/C(NC)=C(\Cl)C=N)CC2C)nc1C(C)F.